The van der Waals surface area contributed by atoms with Crippen molar-refractivity contribution < 1.29 is 9.59 Å². The number of imidazole rings is 1. The standard InChI is InChI=1S/C35H53N5O2S/c1-7-27(8-2)40-31-16-15-26(21-29(31)37-32(40)22-28-14-13-19-43-28)33(41)38-30(20-25(3)4)34(42)36-23-35(5,6)24-39-17-11-9-10-12-18-39/h13-16,19,21,25,27,30H,7-12,17-18,20,22-24H2,1-6H3,(H,36,42)(H,38,41)/t30-/m0/s1. The maximum atomic E-state index is 13.5. The highest BCUT2D eigenvalue weighted by molar-refractivity contribution is 7.09. The molecule has 0 unspecified atom stereocenters. The summed E-state index contributed by atoms with van der Waals surface area (Å²) in [5, 5.41) is 8.35. The minimum absolute atomic E-state index is 0.0497. The van der Waals surface area contributed by atoms with E-state index in [1.807, 2.05) is 18.2 Å². The van der Waals surface area contributed by atoms with Crippen LogP contribution in [-0.2, 0) is 11.2 Å². The Hall–Kier alpha value is -2.71. The van der Waals surface area contributed by atoms with Crippen molar-refractivity contribution in [2.75, 3.05) is 26.2 Å². The molecule has 0 saturated carbocycles. The number of hydrogen-bond acceptors (Lipinski definition) is 5. The Balaban J connectivity index is 1.47. The van der Waals surface area contributed by atoms with Gasteiger partial charge in [-0.15, -0.1) is 11.3 Å². The van der Waals surface area contributed by atoms with E-state index in [-0.39, 0.29) is 23.1 Å². The molecule has 2 aromatic heterocycles. The van der Waals surface area contributed by atoms with Crippen molar-refractivity contribution in [3.05, 3.63) is 52.0 Å². The highest BCUT2D eigenvalue weighted by atomic mass is 32.1. The van der Waals surface area contributed by atoms with Crippen molar-refractivity contribution in [2.24, 2.45) is 11.3 Å². The minimum Gasteiger partial charge on any atom is -0.354 e. The quantitative estimate of drug-likeness (QED) is 0.203. The second kappa shape index (κ2) is 15.3. The number of carbonyl (C=O) groups excluding carboxylic acids is 2. The van der Waals surface area contributed by atoms with Crippen molar-refractivity contribution in [3.8, 4) is 0 Å². The Morgan fingerprint density at radius 2 is 1.77 bits per heavy atom. The van der Waals surface area contributed by atoms with Crippen LogP contribution in [0.4, 0.5) is 0 Å². The van der Waals surface area contributed by atoms with Gasteiger partial charge in [0.05, 0.1) is 11.0 Å². The van der Waals surface area contributed by atoms with Gasteiger partial charge < -0.3 is 20.1 Å². The van der Waals surface area contributed by atoms with Gasteiger partial charge in [-0.2, -0.15) is 0 Å². The third-order valence-corrected chi connectivity index (χ3v) is 9.54. The van der Waals surface area contributed by atoms with Crippen molar-refractivity contribution in [1.29, 1.82) is 0 Å². The van der Waals surface area contributed by atoms with Crippen LogP contribution >= 0.6 is 11.3 Å². The topological polar surface area (TPSA) is 79.3 Å². The van der Waals surface area contributed by atoms with Gasteiger partial charge in [0, 0.05) is 36.0 Å². The van der Waals surface area contributed by atoms with Crippen LogP contribution in [0.1, 0.15) is 114 Å². The van der Waals surface area contributed by atoms with Gasteiger partial charge in [-0.3, -0.25) is 9.59 Å². The van der Waals surface area contributed by atoms with E-state index in [4.69, 9.17) is 4.98 Å². The van der Waals surface area contributed by atoms with Gasteiger partial charge in [0.2, 0.25) is 5.91 Å². The number of hydrogen-bond donors (Lipinski definition) is 2. The Bertz CT molecular complexity index is 1320. The van der Waals surface area contributed by atoms with Crippen molar-refractivity contribution in [3.63, 3.8) is 0 Å². The number of carbonyl (C=O) groups is 2. The first-order valence-electron chi connectivity index (χ1n) is 16.4. The van der Waals surface area contributed by atoms with E-state index >= 15 is 0 Å². The van der Waals surface area contributed by atoms with E-state index in [9.17, 15) is 9.59 Å². The molecule has 1 aliphatic heterocycles. The molecule has 0 radical (unpaired) electrons. The molecule has 0 aliphatic carbocycles. The van der Waals surface area contributed by atoms with E-state index in [1.54, 1.807) is 11.3 Å². The molecule has 3 aromatic rings. The number of rotatable bonds is 14. The molecule has 0 bridgehead atoms. The lowest BCUT2D eigenvalue weighted by atomic mass is 9.92. The van der Waals surface area contributed by atoms with E-state index in [0.717, 1.165) is 55.8 Å². The van der Waals surface area contributed by atoms with Crippen LogP contribution in [0.2, 0.25) is 0 Å². The fourth-order valence-corrected chi connectivity index (χ4v) is 7.10. The molecule has 1 saturated heterocycles. The average molecular weight is 608 g/mol. The van der Waals surface area contributed by atoms with Crippen LogP contribution in [0.25, 0.3) is 11.0 Å². The number of thiophene rings is 1. The van der Waals surface area contributed by atoms with Crippen molar-refractivity contribution in [2.45, 2.75) is 105 Å². The monoisotopic (exact) mass is 607 g/mol. The summed E-state index contributed by atoms with van der Waals surface area (Å²) in [6, 6.07) is 9.77. The van der Waals surface area contributed by atoms with E-state index in [2.05, 4.69) is 79.2 Å². The summed E-state index contributed by atoms with van der Waals surface area (Å²) in [6.45, 7) is 16.9. The van der Waals surface area contributed by atoms with Gasteiger partial charge in [-0.25, -0.2) is 4.98 Å². The Kier molecular flexibility index (Phi) is 11.8. The Labute approximate surface area is 262 Å². The molecule has 2 amide bonds. The number of fused-ring (bicyclic) bond motifs is 1. The minimum atomic E-state index is -0.589. The average Bonchev–Trinajstić information content (AvgIpc) is 3.52. The van der Waals surface area contributed by atoms with Crippen molar-refractivity contribution >= 4 is 34.2 Å². The summed E-state index contributed by atoms with van der Waals surface area (Å²) < 4.78 is 2.36. The first-order valence-corrected chi connectivity index (χ1v) is 17.3. The fraction of sp³-hybridized carbons (Fsp3) is 0.629. The molecule has 1 fully saturated rings. The number of aromatic nitrogens is 2. The summed E-state index contributed by atoms with van der Waals surface area (Å²) in [5.41, 5.74) is 2.37. The maximum absolute atomic E-state index is 13.5. The Morgan fingerprint density at radius 1 is 1.05 bits per heavy atom. The van der Waals surface area contributed by atoms with Crippen molar-refractivity contribution in [1.82, 2.24) is 25.1 Å². The molecule has 7 nitrogen and oxygen atoms in total. The van der Waals surface area contributed by atoms with Gasteiger partial charge >= 0.3 is 0 Å². The van der Waals surface area contributed by atoms with Gasteiger partial charge in [0.1, 0.15) is 11.9 Å². The first-order chi connectivity index (χ1) is 20.6. The lowest BCUT2D eigenvalue weighted by Crippen LogP contribution is -2.50. The van der Waals surface area contributed by atoms with Crippen LogP contribution < -0.4 is 10.6 Å². The predicted octanol–water partition coefficient (Wildman–Crippen LogP) is 7.21. The zero-order chi connectivity index (χ0) is 31.0. The maximum Gasteiger partial charge on any atom is 0.252 e. The molecule has 2 N–H and O–H groups in total. The van der Waals surface area contributed by atoms with Gasteiger partial charge in [0.15, 0.2) is 0 Å². The summed E-state index contributed by atoms with van der Waals surface area (Å²) in [5.74, 6) is 0.953. The van der Waals surface area contributed by atoms with Crippen LogP contribution in [0.3, 0.4) is 0 Å². The number of amides is 2. The molecule has 3 heterocycles. The van der Waals surface area contributed by atoms with E-state index < -0.39 is 6.04 Å². The van der Waals surface area contributed by atoms with Crippen LogP contribution in [0.5, 0.6) is 0 Å². The lowest BCUT2D eigenvalue weighted by Gasteiger charge is -2.33. The van der Waals surface area contributed by atoms with Crippen LogP contribution in [0.15, 0.2) is 35.7 Å². The number of nitrogens with one attached hydrogen (secondary N) is 2. The summed E-state index contributed by atoms with van der Waals surface area (Å²) in [7, 11) is 0. The zero-order valence-corrected chi connectivity index (χ0v) is 28.1. The van der Waals surface area contributed by atoms with Gasteiger partial charge in [-0.05, 0) is 86.2 Å². The third-order valence-electron chi connectivity index (χ3n) is 8.67. The van der Waals surface area contributed by atoms with Crippen LogP contribution in [0, 0.1) is 11.3 Å². The number of likely N-dealkylation sites (tertiary alicyclic amines) is 1. The summed E-state index contributed by atoms with van der Waals surface area (Å²) >= 11 is 1.74. The largest absolute Gasteiger partial charge is 0.354 e. The number of nitrogens with zero attached hydrogens (tertiary/aromatic N) is 3. The number of benzene rings is 1. The molecule has 1 atom stereocenters. The summed E-state index contributed by atoms with van der Waals surface area (Å²) in [4.78, 5) is 35.8. The SMILES string of the molecule is CCC(CC)n1c(Cc2cccs2)nc2cc(C(=O)N[C@@H](CC(C)C)C(=O)NCC(C)(C)CN3CCCCCC3)ccc21. The molecular weight excluding hydrogens is 554 g/mol. The lowest BCUT2D eigenvalue weighted by molar-refractivity contribution is -0.123. The molecule has 1 aliphatic rings. The smallest absolute Gasteiger partial charge is 0.252 e. The van der Waals surface area contributed by atoms with Crippen LogP contribution in [-0.4, -0.2) is 58.5 Å². The van der Waals surface area contributed by atoms with E-state index in [1.165, 1.54) is 30.6 Å². The highest BCUT2D eigenvalue weighted by Crippen LogP contribution is 2.28. The second-order valence-corrected chi connectivity index (χ2v) is 14.6. The molecule has 236 valence electrons. The highest BCUT2D eigenvalue weighted by Gasteiger charge is 2.27. The first kappa shape index (κ1) is 33.2. The second-order valence-electron chi connectivity index (χ2n) is 13.6. The molecular formula is C35H53N5O2S. The fourth-order valence-electron chi connectivity index (χ4n) is 6.39. The molecule has 8 heteroatoms. The molecule has 4 rings (SSSR count). The van der Waals surface area contributed by atoms with Gasteiger partial charge in [-0.1, -0.05) is 60.5 Å². The molecule has 1 aromatic carbocycles. The Morgan fingerprint density at radius 3 is 2.40 bits per heavy atom. The molecule has 43 heavy (non-hydrogen) atoms. The summed E-state index contributed by atoms with van der Waals surface area (Å²) in [6.07, 6.45) is 8.52. The zero-order valence-electron chi connectivity index (χ0n) is 27.2. The normalized spacial score (nSPS) is 15.6. The molecule has 0 spiro atoms. The van der Waals surface area contributed by atoms with Gasteiger partial charge in [0.25, 0.3) is 5.91 Å². The predicted molar refractivity (Wildman–Crippen MR) is 179 cm³/mol. The van der Waals surface area contributed by atoms with E-state index in [0.29, 0.717) is 24.6 Å². The third kappa shape index (κ3) is 9.15.